The molecular weight excluding hydrogens is 381 g/mol. The van der Waals surface area contributed by atoms with Crippen molar-refractivity contribution in [3.63, 3.8) is 0 Å². The lowest BCUT2D eigenvalue weighted by molar-refractivity contribution is 0.0154. The van der Waals surface area contributed by atoms with Gasteiger partial charge in [-0.05, 0) is 12.1 Å². The zero-order valence-electron chi connectivity index (χ0n) is 12.4. The van der Waals surface area contributed by atoms with Gasteiger partial charge in [-0.2, -0.15) is 0 Å². The van der Waals surface area contributed by atoms with Crippen LogP contribution in [0.4, 0.5) is 0 Å². The predicted octanol–water partition coefficient (Wildman–Crippen LogP) is 0.562. The fourth-order valence-corrected chi connectivity index (χ4v) is 2.94. The molecule has 1 aromatic rings. The lowest BCUT2D eigenvalue weighted by atomic mass is 10.1. The molecule has 3 fully saturated rings. The van der Waals surface area contributed by atoms with E-state index in [0.29, 0.717) is 12.6 Å². The second-order valence-corrected chi connectivity index (χ2v) is 5.38. The Balaban J connectivity index is 0.00000161. The SMILES string of the molecule is CN=C(NCc1ccco1)NCC1CN2CCN1CC2.I. The Kier molecular flexibility index (Phi) is 6.31. The third-order valence-corrected chi connectivity index (χ3v) is 4.13. The van der Waals surface area contributed by atoms with Crippen LogP contribution in [0, 0.1) is 0 Å². The molecule has 118 valence electrons. The summed E-state index contributed by atoms with van der Waals surface area (Å²) in [6.45, 7) is 7.61. The van der Waals surface area contributed by atoms with E-state index >= 15 is 0 Å². The van der Waals surface area contributed by atoms with Crippen molar-refractivity contribution in [3.05, 3.63) is 24.2 Å². The van der Waals surface area contributed by atoms with Crippen LogP contribution in [-0.4, -0.2) is 68.1 Å². The fourth-order valence-electron chi connectivity index (χ4n) is 2.94. The van der Waals surface area contributed by atoms with Gasteiger partial charge in [0.2, 0.25) is 0 Å². The number of nitrogens with zero attached hydrogens (tertiary/aromatic N) is 3. The van der Waals surface area contributed by atoms with E-state index in [0.717, 1.165) is 18.3 Å². The van der Waals surface area contributed by atoms with Crippen LogP contribution in [0.15, 0.2) is 27.8 Å². The molecule has 3 aliphatic rings. The molecule has 0 amide bonds. The first-order valence-electron chi connectivity index (χ1n) is 7.28. The Bertz CT molecular complexity index is 442. The number of fused-ring (bicyclic) bond motifs is 3. The second kappa shape index (κ2) is 8.00. The van der Waals surface area contributed by atoms with Gasteiger partial charge in [-0.1, -0.05) is 0 Å². The molecule has 0 aromatic carbocycles. The van der Waals surface area contributed by atoms with Crippen LogP contribution in [0.1, 0.15) is 5.76 Å². The molecule has 4 heterocycles. The van der Waals surface area contributed by atoms with Gasteiger partial charge in [0.1, 0.15) is 5.76 Å². The predicted molar refractivity (Wildman–Crippen MR) is 94.1 cm³/mol. The smallest absolute Gasteiger partial charge is 0.191 e. The minimum Gasteiger partial charge on any atom is -0.467 e. The monoisotopic (exact) mass is 405 g/mol. The van der Waals surface area contributed by atoms with Crippen LogP contribution in [0.3, 0.4) is 0 Å². The van der Waals surface area contributed by atoms with E-state index in [-0.39, 0.29) is 24.0 Å². The zero-order chi connectivity index (χ0) is 13.8. The summed E-state index contributed by atoms with van der Waals surface area (Å²) in [5.41, 5.74) is 0. The molecule has 1 aromatic heterocycles. The van der Waals surface area contributed by atoms with E-state index in [1.165, 1.54) is 32.7 Å². The molecule has 0 saturated carbocycles. The van der Waals surface area contributed by atoms with Crippen molar-refractivity contribution in [1.29, 1.82) is 0 Å². The third-order valence-electron chi connectivity index (χ3n) is 4.13. The molecule has 6 nitrogen and oxygen atoms in total. The number of rotatable bonds is 4. The summed E-state index contributed by atoms with van der Waals surface area (Å²) in [4.78, 5) is 9.38. The average molecular weight is 405 g/mol. The molecule has 2 bridgehead atoms. The van der Waals surface area contributed by atoms with Crippen LogP contribution < -0.4 is 10.6 Å². The molecule has 1 unspecified atom stereocenters. The van der Waals surface area contributed by atoms with Crippen molar-refractivity contribution in [2.75, 3.05) is 46.3 Å². The summed E-state index contributed by atoms with van der Waals surface area (Å²) in [6.07, 6.45) is 1.69. The molecule has 3 saturated heterocycles. The number of nitrogens with one attached hydrogen (secondary N) is 2. The molecule has 1 atom stereocenters. The molecule has 0 spiro atoms. The van der Waals surface area contributed by atoms with Gasteiger partial charge < -0.3 is 15.1 Å². The van der Waals surface area contributed by atoms with Gasteiger partial charge in [0.15, 0.2) is 5.96 Å². The number of furan rings is 1. The van der Waals surface area contributed by atoms with Crippen molar-refractivity contribution in [2.45, 2.75) is 12.6 Å². The minimum absolute atomic E-state index is 0. The van der Waals surface area contributed by atoms with Crippen molar-refractivity contribution in [3.8, 4) is 0 Å². The number of hydrogen-bond acceptors (Lipinski definition) is 4. The highest BCUT2D eigenvalue weighted by Crippen LogP contribution is 2.14. The van der Waals surface area contributed by atoms with Crippen LogP contribution in [0.2, 0.25) is 0 Å². The first-order chi connectivity index (χ1) is 9.85. The lowest BCUT2D eigenvalue weighted by Crippen LogP contribution is -2.63. The molecule has 0 aliphatic carbocycles. The van der Waals surface area contributed by atoms with Crippen molar-refractivity contribution in [2.24, 2.45) is 4.99 Å². The molecule has 2 N–H and O–H groups in total. The largest absolute Gasteiger partial charge is 0.467 e. The van der Waals surface area contributed by atoms with Crippen LogP contribution in [0.5, 0.6) is 0 Å². The molecule has 0 radical (unpaired) electrons. The normalized spacial score (nSPS) is 28.0. The van der Waals surface area contributed by atoms with Crippen LogP contribution in [-0.2, 0) is 6.54 Å². The standard InChI is InChI=1S/C14H23N5O.HI/c1-15-14(17-10-13-3-2-8-20-13)16-9-12-11-18-4-6-19(12)7-5-18;/h2-3,8,12H,4-7,9-11H2,1H3,(H2,15,16,17);1H. The van der Waals surface area contributed by atoms with E-state index < -0.39 is 0 Å². The number of hydrogen-bond donors (Lipinski definition) is 2. The highest BCUT2D eigenvalue weighted by Gasteiger charge is 2.31. The Labute approximate surface area is 143 Å². The summed E-state index contributed by atoms with van der Waals surface area (Å²) < 4.78 is 5.30. The zero-order valence-corrected chi connectivity index (χ0v) is 14.7. The molecule has 21 heavy (non-hydrogen) atoms. The molecular formula is C14H24IN5O. The third kappa shape index (κ3) is 4.33. The van der Waals surface area contributed by atoms with Crippen molar-refractivity contribution in [1.82, 2.24) is 20.4 Å². The fraction of sp³-hybridized carbons (Fsp3) is 0.643. The first kappa shape index (κ1) is 16.6. The highest BCUT2D eigenvalue weighted by atomic mass is 127. The van der Waals surface area contributed by atoms with Crippen LogP contribution >= 0.6 is 24.0 Å². The molecule has 3 aliphatic heterocycles. The topological polar surface area (TPSA) is 56.0 Å². The van der Waals surface area contributed by atoms with Gasteiger partial charge in [-0.15, -0.1) is 24.0 Å². The van der Waals surface area contributed by atoms with Crippen molar-refractivity contribution < 1.29 is 4.42 Å². The van der Waals surface area contributed by atoms with Gasteiger partial charge in [-0.25, -0.2) is 0 Å². The summed E-state index contributed by atoms with van der Waals surface area (Å²) in [6, 6.07) is 4.45. The van der Waals surface area contributed by atoms with E-state index in [1.54, 1.807) is 13.3 Å². The highest BCUT2D eigenvalue weighted by molar-refractivity contribution is 14.0. The maximum Gasteiger partial charge on any atom is 0.191 e. The summed E-state index contributed by atoms with van der Waals surface area (Å²) >= 11 is 0. The van der Waals surface area contributed by atoms with Gasteiger partial charge >= 0.3 is 0 Å². The van der Waals surface area contributed by atoms with E-state index in [1.807, 2.05) is 12.1 Å². The molecule has 4 rings (SSSR count). The van der Waals surface area contributed by atoms with Gasteiger partial charge in [0, 0.05) is 52.4 Å². The van der Waals surface area contributed by atoms with E-state index in [9.17, 15) is 0 Å². The van der Waals surface area contributed by atoms with Crippen molar-refractivity contribution >= 4 is 29.9 Å². The average Bonchev–Trinajstić information content (AvgIpc) is 3.02. The minimum atomic E-state index is 0. The summed E-state index contributed by atoms with van der Waals surface area (Å²) in [7, 11) is 1.80. The quantitative estimate of drug-likeness (QED) is 0.436. The van der Waals surface area contributed by atoms with Gasteiger partial charge in [0.05, 0.1) is 12.8 Å². The molecule has 7 heteroatoms. The van der Waals surface area contributed by atoms with E-state index in [2.05, 4.69) is 25.4 Å². The maximum absolute atomic E-state index is 5.30. The van der Waals surface area contributed by atoms with Gasteiger partial charge in [-0.3, -0.25) is 14.8 Å². The van der Waals surface area contributed by atoms with Gasteiger partial charge in [0.25, 0.3) is 0 Å². The Morgan fingerprint density at radius 2 is 2.14 bits per heavy atom. The number of aliphatic imine (C=N–C) groups is 1. The maximum atomic E-state index is 5.30. The Morgan fingerprint density at radius 1 is 1.33 bits per heavy atom. The summed E-state index contributed by atoms with van der Waals surface area (Å²) in [5, 5.41) is 6.68. The van der Waals surface area contributed by atoms with Crippen LogP contribution in [0.25, 0.3) is 0 Å². The second-order valence-electron chi connectivity index (χ2n) is 5.38. The lowest BCUT2D eigenvalue weighted by Gasteiger charge is -2.47. The van der Waals surface area contributed by atoms with E-state index in [4.69, 9.17) is 4.42 Å². The Hall–Kier alpha value is -0.800. The number of halogens is 1. The number of guanidine groups is 1. The number of piperazine rings is 3. The Morgan fingerprint density at radius 3 is 2.71 bits per heavy atom. The first-order valence-corrected chi connectivity index (χ1v) is 7.28. The summed E-state index contributed by atoms with van der Waals surface area (Å²) in [5.74, 6) is 1.75.